The van der Waals surface area contributed by atoms with Crippen LogP contribution in [0, 0.1) is 0 Å². The number of hydrogen-bond donors (Lipinski definition) is 2. The maximum atomic E-state index is 13.3. The van der Waals surface area contributed by atoms with Crippen molar-refractivity contribution < 1.29 is 28.7 Å². The van der Waals surface area contributed by atoms with Gasteiger partial charge in [-0.25, -0.2) is 9.59 Å². The molecule has 11 heteroatoms. The topological polar surface area (TPSA) is 121 Å². The lowest BCUT2D eigenvalue weighted by Gasteiger charge is -2.35. The fourth-order valence-electron chi connectivity index (χ4n) is 5.60. The highest BCUT2D eigenvalue weighted by Crippen LogP contribution is 2.38. The van der Waals surface area contributed by atoms with Gasteiger partial charge in [-0.15, -0.1) is 0 Å². The Balaban J connectivity index is 1.25. The van der Waals surface area contributed by atoms with Crippen LogP contribution in [0.4, 0.5) is 21.9 Å². The zero-order valence-corrected chi connectivity index (χ0v) is 28.2. The second-order valence-electron chi connectivity index (χ2n) is 12.7. The molecule has 2 aliphatic rings. The number of nitrogens with one attached hydrogen (secondary N) is 2. The Morgan fingerprint density at radius 2 is 1.60 bits per heavy atom. The van der Waals surface area contributed by atoms with E-state index in [1.165, 1.54) is 0 Å². The van der Waals surface area contributed by atoms with Gasteiger partial charge in [0.25, 0.3) is 5.91 Å². The highest BCUT2D eigenvalue weighted by atomic mass is 16.6. The molecule has 0 bridgehead atoms. The van der Waals surface area contributed by atoms with Crippen molar-refractivity contribution >= 4 is 52.2 Å². The Kier molecular flexibility index (Phi) is 10.5. The Morgan fingerprint density at radius 1 is 0.917 bits per heavy atom. The lowest BCUT2D eigenvalue weighted by molar-refractivity contribution is -0.118. The average molecular weight is 654 g/mol. The number of amides is 3. The number of carbonyl (C=O) groups is 4. The molecule has 2 aliphatic heterocycles. The molecule has 252 valence electrons. The van der Waals surface area contributed by atoms with Gasteiger partial charge < -0.3 is 29.9 Å². The standard InChI is InChI=1S/C37H43N5O6/c1-6-47-35(45)26-12-17-29-30(24-26)39-34(44)32(29)33(25-10-8-7-9-11-25)38-27-13-15-28(16-14-27)40(5)31(43)18-19-41-20-22-42(23-21-41)36(46)48-37(2,3)4/h7-17,24,38H,6,18-23H2,1-5H3,(H,39,44)/b33-32-. The van der Waals surface area contributed by atoms with Crippen LogP contribution < -0.4 is 15.5 Å². The highest BCUT2D eigenvalue weighted by molar-refractivity contribution is 6.37. The van der Waals surface area contributed by atoms with E-state index >= 15 is 0 Å². The molecule has 0 aromatic heterocycles. The Hall–Kier alpha value is -5.16. The quantitative estimate of drug-likeness (QED) is 0.223. The minimum absolute atomic E-state index is 0.0150. The van der Waals surface area contributed by atoms with E-state index in [-0.39, 0.29) is 24.5 Å². The third-order valence-corrected chi connectivity index (χ3v) is 8.15. The van der Waals surface area contributed by atoms with Crippen molar-refractivity contribution in [2.75, 3.05) is 61.9 Å². The predicted octanol–water partition coefficient (Wildman–Crippen LogP) is 5.70. The van der Waals surface area contributed by atoms with Crippen molar-refractivity contribution in [2.45, 2.75) is 39.7 Å². The van der Waals surface area contributed by atoms with E-state index in [1.54, 1.807) is 42.0 Å². The van der Waals surface area contributed by atoms with Gasteiger partial charge in [-0.1, -0.05) is 36.4 Å². The monoisotopic (exact) mass is 653 g/mol. The van der Waals surface area contributed by atoms with Crippen LogP contribution in [0.2, 0.25) is 0 Å². The van der Waals surface area contributed by atoms with Gasteiger partial charge in [-0.05, 0) is 69.7 Å². The van der Waals surface area contributed by atoms with E-state index in [0.717, 1.165) is 16.9 Å². The van der Waals surface area contributed by atoms with Crippen molar-refractivity contribution in [1.82, 2.24) is 9.80 Å². The number of fused-ring (bicyclic) bond motifs is 1. The molecule has 0 unspecified atom stereocenters. The van der Waals surface area contributed by atoms with Crippen molar-refractivity contribution in [1.29, 1.82) is 0 Å². The molecule has 0 aliphatic carbocycles. The van der Waals surface area contributed by atoms with Crippen LogP contribution in [0.1, 0.15) is 55.6 Å². The Bertz CT molecular complexity index is 1690. The summed E-state index contributed by atoms with van der Waals surface area (Å²) in [5, 5.41) is 6.33. The molecule has 0 atom stereocenters. The lowest BCUT2D eigenvalue weighted by atomic mass is 9.99. The largest absolute Gasteiger partial charge is 0.462 e. The molecule has 11 nitrogen and oxygen atoms in total. The number of ether oxygens (including phenoxy) is 2. The first-order valence-corrected chi connectivity index (χ1v) is 16.2. The molecule has 5 rings (SSSR count). The molecule has 0 spiro atoms. The van der Waals surface area contributed by atoms with Crippen LogP contribution in [0.5, 0.6) is 0 Å². The summed E-state index contributed by atoms with van der Waals surface area (Å²) in [6.45, 7) is 10.7. The Labute approximate surface area is 281 Å². The van der Waals surface area contributed by atoms with Crippen molar-refractivity contribution in [3.63, 3.8) is 0 Å². The number of hydrogen-bond acceptors (Lipinski definition) is 8. The van der Waals surface area contributed by atoms with E-state index in [9.17, 15) is 19.2 Å². The molecular weight excluding hydrogens is 610 g/mol. The first kappa shape index (κ1) is 34.2. The van der Waals surface area contributed by atoms with Gasteiger partial charge in [0.1, 0.15) is 5.60 Å². The maximum absolute atomic E-state index is 13.3. The minimum Gasteiger partial charge on any atom is -0.462 e. The van der Waals surface area contributed by atoms with E-state index < -0.39 is 11.6 Å². The van der Waals surface area contributed by atoms with Gasteiger partial charge >= 0.3 is 12.1 Å². The second-order valence-corrected chi connectivity index (χ2v) is 12.7. The number of anilines is 3. The number of rotatable bonds is 9. The third kappa shape index (κ3) is 8.21. The SMILES string of the molecule is CCOC(=O)c1ccc2c(c1)NC(=O)/C2=C(\Nc1ccc(N(C)C(=O)CCN2CCN(C(=O)OC(C)(C)C)CC2)cc1)c1ccccc1. The molecule has 3 amide bonds. The number of piperazine rings is 1. The molecule has 0 saturated carbocycles. The molecule has 1 fully saturated rings. The van der Waals surface area contributed by atoms with Crippen molar-refractivity contribution in [2.24, 2.45) is 0 Å². The lowest BCUT2D eigenvalue weighted by Crippen LogP contribution is -2.50. The van der Waals surface area contributed by atoms with Crippen LogP contribution in [0.25, 0.3) is 11.3 Å². The van der Waals surface area contributed by atoms with Gasteiger partial charge in [0.15, 0.2) is 0 Å². The first-order valence-electron chi connectivity index (χ1n) is 16.2. The van der Waals surface area contributed by atoms with Gasteiger partial charge in [0.05, 0.1) is 29.1 Å². The first-order chi connectivity index (χ1) is 22.9. The second kappa shape index (κ2) is 14.7. The van der Waals surface area contributed by atoms with Crippen LogP contribution in [0.3, 0.4) is 0 Å². The summed E-state index contributed by atoms with van der Waals surface area (Å²) in [6.07, 6.45) is 0.0449. The summed E-state index contributed by atoms with van der Waals surface area (Å²) < 4.78 is 10.6. The number of carbonyl (C=O) groups excluding carboxylic acids is 4. The van der Waals surface area contributed by atoms with Crippen LogP contribution in [-0.4, -0.2) is 85.7 Å². The molecule has 1 saturated heterocycles. The predicted molar refractivity (Wildman–Crippen MR) is 187 cm³/mol. The van der Waals surface area contributed by atoms with E-state index in [2.05, 4.69) is 15.5 Å². The summed E-state index contributed by atoms with van der Waals surface area (Å²) in [7, 11) is 1.76. The summed E-state index contributed by atoms with van der Waals surface area (Å²) in [4.78, 5) is 56.6. The number of esters is 1. The number of benzene rings is 3. The zero-order valence-electron chi connectivity index (χ0n) is 28.2. The van der Waals surface area contributed by atoms with Gasteiger partial charge in [0, 0.05) is 63.1 Å². The normalized spacial score (nSPS) is 15.7. The molecule has 3 aromatic rings. The minimum atomic E-state index is -0.530. The van der Waals surface area contributed by atoms with Crippen LogP contribution in [0.15, 0.2) is 72.8 Å². The van der Waals surface area contributed by atoms with Crippen molar-refractivity contribution in [3.8, 4) is 0 Å². The molecule has 3 aromatic carbocycles. The molecule has 48 heavy (non-hydrogen) atoms. The van der Waals surface area contributed by atoms with Gasteiger partial charge in [-0.2, -0.15) is 0 Å². The average Bonchev–Trinajstić information content (AvgIpc) is 3.40. The van der Waals surface area contributed by atoms with Gasteiger partial charge in [0.2, 0.25) is 5.91 Å². The summed E-state index contributed by atoms with van der Waals surface area (Å²) in [5.74, 6) is -0.751. The Morgan fingerprint density at radius 3 is 2.25 bits per heavy atom. The van der Waals surface area contributed by atoms with Crippen LogP contribution in [-0.2, 0) is 19.1 Å². The fourth-order valence-corrected chi connectivity index (χ4v) is 5.60. The highest BCUT2D eigenvalue weighted by Gasteiger charge is 2.30. The molecular formula is C37H43N5O6. The smallest absolute Gasteiger partial charge is 0.410 e. The van der Waals surface area contributed by atoms with E-state index in [4.69, 9.17) is 9.47 Å². The van der Waals surface area contributed by atoms with E-state index in [1.807, 2.05) is 75.4 Å². The molecule has 2 heterocycles. The zero-order chi connectivity index (χ0) is 34.4. The summed E-state index contributed by atoms with van der Waals surface area (Å²) in [6, 6.07) is 22.1. The molecule has 2 N–H and O–H groups in total. The summed E-state index contributed by atoms with van der Waals surface area (Å²) >= 11 is 0. The number of nitrogens with zero attached hydrogens (tertiary/aromatic N) is 3. The fraction of sp³-hybridized carbons (Fsp3) is 0.351. The van der Waals surface area contributed by atoms with Gasteiger partial charge in [-0.3, -0.25) is 14.5 Å². The summed E-state index contributed by atoms with van der Waals surface area (Å²) in [5.41, 5.74) is 4.40. The third-order valence-electron chi connectivity index (χ3n) is 8.15. The maximum Gasteiger partial charge on any atom is 0.410 e. The van der Waals surface area contributed by atoms with Crippen LogP contribution >= 0.6 is 0 Å². The van der Waals surface area contributed by atoms with Crippen molar-refractivity contribution in [3.05, 3.63) is 89.5 Å². The molecule has 0 radical (unpaired) electrons. The van der Waals surface area contributed by atoms with E-state index in [0.29, 0.717) is 67.2 Å².